The summed E-state index contributed by atoms with van der Waals surface area (Å²) in [7, 11) is 0. The molecule has 0 aliphatic heterocycles. The Labute approximate surface area is 189 Å². The fourth-order valence-electron chi connectivity index (χ4n) is 9.19. The van der Waals surface area contributed by atoms with Crippen LogP contribution in [0.4, 0.5) is 0 Å². The first-order chi connectivity index (χ1) is 14.6. The summed E-state index contributed by atoms with van der Waals surface area (Å²) in [6, 6.07) is 0. The first kappa shape index (κ1) is 23.1. The molecule has 4 rings (SSSR count). The lowest BCUT2D eigenvalue weighted by Gasteiger charge is -2.60. The zero-order chi connectivity index (χ0) is 22.6. The Morgan fingerprint density at radius 1 is 1.10 bits per heavy atom. The van der Waals surface area contributed by atoms with Gasteiger partial charge in [0.1, 0.15) is 12.4 Å². The number of rotatable bonds is 5. The summed E-state index contributed by atoms with van der Waals surface area (Å²) in [6.07, 6.45) is 12.8. The van der Waals surface area contributed by atoms with Crippen LogP contribution >= 0.6 is 0 Å². The summed E-state index contributed by atoms with van der Waals surface area (Å²) in [5.41, 5.74) is 4.31. The van der Waals surface area contributed by atoms with Crippen LogP contribution in [0, 0.1) is 39.9 Å². The Bertz CT molecular complexity index is 764. The van der Waals surface area contributed by atoms with Crippen molar-refractivity contribution in [2.75, 3.05) is 0 Å². The number of hydrogen-bond donors (Lipinski definition) is 0. The summed E-state index contributed by atoms with van der Waals surface area (Å²) in [6.45, 7) is 13.8. The van der Waals surface area contributed by atoms with Crippen LogP contribution in [-0.4, -0.2) is 18.4 Å². The Balaban J connectivity index is 1.62. The van der Waals surface area contributed by atoms with E-state index < -0.39 is 0 Å². The fourth-order valence-corrected chi connectivity index (χ4v) is 9.19. The van der Waals surface area contributed by atoms with Gasteiger partial charge in [-0.25, -0.2) is 0 Å². The average Bonchev–Trinajstić information content (AvgIpc) is 3.05. The molecule has 7 atom stereocenters. The zero-order valence-corrected chi connectivity index (χ0v) is 20.8. The van der Waals surface area contributed by atoms with Crippen molar-refractivity contribution in [3.05, 3.63) is 11.1 Å². The molecule has 4 aliphatic carbocycles. The highest BCUT2D eigenvalue weighted by molar-refractivity contribution is 5.66. The minimum atomic E-state index is -0.133. The summed E-state index contributed by atoms with van der Waals surface area (Å²) < 4.78 is 5.81. The summed E-state index contributed by atoms with van der Waals surface area (Å²) in [5.74, 6) is 2.60. The molecule has 0 aromatic carbocycles. The molecule has 0 aromatic heterocycles. The minimum absolute atomic E-state index is 0.0273. The van der Waals surface area contributed by atoms with Gasteiger partial charge >= 0.3 is 5.97 Å². The first-order valence-electron chi connectivity index (χ1n) is 12.9. The van der Waals surface area contributed by atoms with Gasteiger partial charge in [0.15, 0.2) is 0 Å². The van der Waals surface area contributed by atoms with Gasteiger partial charge in [0.05, 0.1) is 0 Å². The van der Waals surface area contributed by atoms with Crippen LogP contribution in [0.25, 0.3) is 0 Å². The van der Waals surface area contributed by atoms with Crippen LogP contribution in [0.1, 0.15) is 106 Å². The lowest BCUT2D eigenvalue weighted by Crippen LogP contribution is -2.54. The second-order valence-corrected chi connectivity index (χ2v) is 12.4. The molecule has 0 bridgehead atoms. The second-order valence-electron chi connectivity index (χ2n) is 12.4. The Hall–Kier alpha value is -1.12. The van der Waals surface area contributed by atoms with Gasteiger partial charge in [-0.2, -0.15) is 0 Å². The van der Waals surface area contributed by atoms with E-state index in [4.69, 9.17) is 4.74 Å². The molecule has 0 amide bonds. The molecule has 2 saturated carbocycles. The third-order valence-corrected chi connectivity index (χ3v) is 10.7. The van der Waals surface area contributed by atoms with Crippen molar-refractivity contribution < 1.29 is 14.3 Å². The number of ether oxygens (including phenoxy) is 1. The van der Waals surface area contributed by atoms with Crippen molar-refractivity contribution in [2.24, 2.45) is 39.9 Å². The highest BCUT2D eigenvalue weighted by atomic mass is 16.5. The van der Waals surface area contributed by atoms with Crippen molar-refractivity contribution in [3.63, 3.8) is 0 Å². The van der Waals surface area contributed by atoms with Crippen LogP contribution < -0.4 is 0 Å². The Morgan fingerprint density at radius 2 is 1.84 bits per heavy atom. The van der Waals surface area contributed by atoms with E-state index in [0.717, 1.165) is 37.4 Å². The standard InChI is InChI=1S/C28H44O3/c1-18(8-7-17-29)21-10-11-22-20-9-12-24-26(3,4)25(31-19(2)30)14-16-28(24,6)23(20)13-15-27(21,22)5/h17-18,21-22,24-25H,7-16H2,1-6H3/t18-,21-,22+,24+,25+,27-,28-/m1/s1. The predicted molar refractivity (Wildman–Crippen MR) is 124 cm³/mol. The largest absolute Gasteiger partial charge is 0.462 e. The van der Waals surface area contributed by atoms with Crippen molar-refractivity contribution in [3.8, 4) is 0 Å². The number of carbonyl (C=O) groups is 2. The second kappa shape index (κ2) is 8.03. The molecule has 0 spiro atoms. The normalized spacial score (nSPS) is 42.3. The van der Waals surface area contributed by atoms with E-state index in [2.05, 4.69) is 34.6 Å². The van der Waals surface area contributed by atoms with Gasteiger partial charge in [0.2, 0.25) is 0 Å². The molecule has 31 heavy (non-hydrogen) atoms. The van der Waals surface area contributed by atoms with Crippen LogP contribution in [0.15, 0.2) is 11.1 Å². The average molecular weight is 429 g/mol. The van der Waals surface area contributed by atoms with E-state index in [9.17, 15) is 9.59 Å². The zero-order valence-electron chi connectivity index (χ0n) is 20.8. The molecule has 0 unspecified atom stereocenters. The van der Waals surface area contributed by atoms with Gasteiger partial charge in [0, 0.05) is 18.8 Å². The number of carbonyl (C=O) groups excluding carboxylic acids is 2. The number of aldehydes is 1. The number of hydrogen-bond acceptors (Lipinski definition) is 3. The minimum Gasteiger partial charge on any atom is -0.462 e. The Morgan fingerprint density at radius 3 is 2.52 bits per heavy atom. The van der Waals surface area contributed by atoms with Gasteiger partial charge < -0.3 is 9.53 Å². The van der Waals surface area contributed by atoms with Gasteiger partial charge in [-0.15, -0.1) is 0 Å². The molecular weight excluding hydrogens is 384 g/mol. The molecule has 2 fully saturated rings. The van der Waals surface area contributed by atoms with Crippen molar-refractivity contribution in [1.29, 1.82) is 0 Å². The molecular formula is C28H44O3. The molecule has 4 aliphatic rings. The number of allylic oxidation sites excluding steroid dienone is 2. The van der Waals surface area contributed by atoms with E-state index in [-0.39, 0.29) is 22.9 Å². The summed E-state index contributed by atoms with van der Waals surface area (Å²) in [5, 5.41) is 0. The summed E-state index contributed by atoms with van der Waals surface area (Å²) >= 11 is 0. The van der Waals surface area contributed by atoms with E-state index >= 15 is 0 Å². The first-order valence-corrected chi connectivity index (χ1v) is 12.9. The molecule has 0 aromatic rings. The van der Waals surface area contributed by atoms with Gasteiger partial charge in [-0.1, -0.05) is 45.8 Å². The van der Waals surface area contributed by atoms with Crippen LogP contribution in [0.2, 0.25) is 0 Å². The monoisotopic (exact) mass is 428 g/mol. The van der Waals surface area contributed by atoms with Crippen molar-refractivity contribution in [1.82, 2.24) is 0 Å². The van der Waals surface area contributed by atoms with E-state index in [0.29, 0.717) is 23.7 Å². The lowest BCUT2D eigenvalue weighted by atomic mass is 9.46. The smallest absolute Gasteiger partial charge is 0.302 e. The van der Waals surface area contributed by atoms with Crippen LogP contribution in [0.3, 0.4) is 0 Å². The highest BCUT2D eigenvalue weighted by Crippen LogP contribution is 2.68. The maximum Gasteiger partial charge on any atom is 0.302 e. The quantitative estimate of drug-likeness (QED) is 0.272. The van der Waals surface area contributed by atoms with E-state index in [1.807, 2.05) is 5.57 Å². The number of esters is 1. The van der Waals surface area contributed by atoms with Crippen LogP contribution in [0.5, 0.6) is 0 Å². The maximum atomic E-state index is 11.7. The highest BCUT2D eigenvalue weighted by Gasteiger charge is 2.59. The van der Waals surface area contributed by atoms with Crippen molar-refractivity contribution >= 4 is 12.3 Å². The van der Waals surface area contributed by atoms with Crippen molar-refractivity contribution in [2.45, 2.75) is 112 Å². The van der Waals surface area contributed by atoms with Crippen LogP contribution in [-0.2, 0) is 14.3 Å². The van der Waals surface area contributed by atoms with Gasteiger partial charge in [-0.3, -0.25) is 4.79 Å². The molecule has 0 radical (unpaired) electrons. The fraction of sp³-hybridized carbons (Fsp3) is 0.857. The third-order valence-electron chi connectivity index (χ3n) is 10.7. The third kappa shape index (κ3) is 3.53. The molecule has 0 N–H and O–H groups in total. The van der Waals surface area contributed by atoms with Gasteiger partial charge in [-0.05, 0) is 92.3 Å². The lowest BCUT2D eigenvalue weighted by molar-refractivity contribution is -0.167. The summed E-state index contributed by atoms with van der Waals surface area (Å²) in [4.78, 5) is 22.7. The molecule has 0 saturated heterocycles. The molecule has 0 heterocycles. The maximum absolute atomic E-state index is 11.7. The molecule has 3 nitrogen and oxygen atoms in total. The molecule has 3 heteroatoms. The SMILES string of the molecule is CC(=O)O[C@H]1CC[C@]2(C)C3=C(CC[C@H]2C1(C)C)[C@@H]1CC[C@H]([C@H](C)CCC=O)[C@@]1(C)CC3. The van der Waals surface area contributed by atoms with E-state index in [1.165, 1.54) is 38.5 Å². The predicted octanol–water partition coefficient (Wildman–Crippen LogP) is 6.89. The Kier molecular flexibility index (Phi) is 5.97. The topological polar surface area (TPSA) is 43.4 Å². The van der Waals surface area contributed by atoms with Gasteiger partial charge in [0.25, 0.3) is 0 Å². The molecule has 174 valence electrons. The van der Waals surface area contributed by atoms with E-state index in [1.54, 1.807) is 12.5 Å². The number of fused-ring (bicyclic) bond motifs is 4.